The van der Waals surface area contributed by atoms with Gasteiger partial charge in [-0.05, 0) is 72.6 Å². The molecule has 0 aliphatic carbocycles. The Hall–Kier alpha value is -9.03. The number of primary amides is 1. The molecule has 0 unspecified atom stereocenters. The third-order valence-corrected chi connectivity index (χ3v) is 20.5. The third-order valence-electron chi connectivity index (χ3n) is 19.6. The van der Waals surface area contributed by atoms with Crippen molar-refractivity contribution >= 4 is 88.2 Å². The average Bonchev–Trinajstić information content (AvgIpc) is 1.22. The highest BCUT2D eigenvalue weighted by Crippen LogP contribution is 2.34. The Balaban J connectivity index is 1.09. The van der Waals surface area contributed by atoms with E-state index < -0.39 is 138 Å². The number of ether oxygens (including phenoxy) is 7. The number of urea groups is 1. The van der Waals surface area contributed by atoms with Crippen LogP contribution < -0.4 is 43.0 Å². The fraction of sp³-hybridized carbons (Fsp3) is 0.628. The fourth-order valence-corrected chi connectivity index (χ4v) is 14.0. The number of rotatable bonds is 51. The third kappa shape index (κ3) is 29.8. The van der Waals surface area contributed by atoms with Crippen molar-refractivity contribution in [1.29, 1.82) is 0 Å². The maximum Gasteiger partial charge on any atom is 0.410 e. The molecule has 622 valence electrons. The molecule has 2 aromatic carbocycles. The van der Waals surface area contributed by atoms with Gasteiger partial charge in [-0.15, -0.1) is 11.3 Å². The van der Waals surface area contributed by atoms with Gasteiger partial charge in [0.25, 0.3) is 11.8 Å². The molecule has 5 rings (SSSR count). The lowest BCUT2D eigenvalue weighted by atomic mass is 9.89. The number of benzene rings is 2. The first-order chi connectivity index (χ1) is 53.4. The number of thiazole rings is 1. The van der Waals surface area contributed by atoms with Crippen LogP contribution in [0.3, 0.4) is 0 Å². The van der Waals surface area contributed by atoms with E-state index in [9.17, 15) is 62.6 Å². The quantitative estimate of drug-likeness (QED) is 0.0281. The predicted molar refractivity (Wildman–Crippen MR) is 416 cm³/mol. The molecular formula is C78H119N13O20S. The van der Waals surface area contributed by atoms with Crippen LogP contribution in [0.15, 0.2) is 78.3 Å². The molecule has 0 spiro atoms. The molecule has 10 N–H and O–H groups in total. The van der Waals surface area contributed by atoms with E-state index in [4.69, 9.17) is 38.9 Å². The van der Waals surface area contributed by atoms with Crippen LogP contribution in [-0.2, 0) is 87.7 Å². The number of imide groups is 1. The van der Waals surface area contributed by atoms with Crippen LogP contribution >= 0.6 is 11.3 Å². The minimum Gasteiger partial charge on any atom is -0.445 e. The summed E-state index contributed by atoms with van der Waals surface area (Å²) in [6.07, 6.45) is 2.38. The summed E-state index contributed by atoms with van der Waals surface area (Å²) in [5.74, 6) is -6.87. The number of nitrogens with one attached hydrogen (secondary N) is 7. The zero-order valence-electron chi connectivity index (χ0n) is 66.9. The van der Waals surface area contributed by atoms with Gasteiger partial charge in [-0.1, -0.05) is 111 Å². The molecule has 3 heterocycles. The van der Waals surface area contributed by atoms with Gasteiger partial charge in [-0.25, -0.2) is 14.6 Å². The number of anilines is 1. The van der Waals surface area contributed by atoms with E-state index in [2.05, 4.69) is 42.2 Å². The topological polar surface area (TPSA) is 426 Å². The molecule has 1 aromatic heterocycles. The summed E-state index contributed by atoms with van der Waals surface area (Å²) in [6, 6.07) is 8.23. The fourth-order valence-electron chi connectivity index (χ4n) is 13.2. The number of aliphatic hydroxyl groups excluding tert-OH is 1. The van der Waals surface area contributed by atoms with Crippen LogP contribution in [0.2, 0.25) is 0 Å². The number of aromatic nitrogens is 1. The van der Waals surface area contributed by atoms with Crippen LogP contribution in [0.25, 0.3) is 0 Å². The molecule has 12 atom stereocenters. The molecule has 2 aliphatic rings. The van der Waals surface area contributed by atoms with Crippen molar-refractivity contribution in [2.24, 2.45) is 35.3 Å². The lowest BCUT2D eigenvalue weighted by molar-refractivity contribution is -0.148. The number of methoxy groups -OCH3 is 2. The SMILES string of the molecule is CC[C@H](C)[C@@H]([C@@H](CC(=O)N1CCC[C@H]1[C@H](OC)[C@@H](C)C(=O)N[C@H](c1nccs1)[C@@H](O)c1ccccc1)OC)N(C)C(=O)[C@@H](NC(=O)[C@H](C(C)C)N(C)C(=O)OCc1ccc(NC(=O)[C@H](CCCNC(N)=O)NC(=O)[C@@H](NC(=O)CCOCCOCCOCCOCCNC(=O)CCN2C(=O)C=CC2=O)C(C)C)cc1)C(C)C. The number of amides is 13. The van der Waals surface area contributed by atoms with E-state index in [-0.39, 0.29) is 135 Å². The first kappa shape index (κ1) is 93.6. The first-order valence-electron chi connectivity index (χ1n) is 38.3. The number of likely N-dealkylation sites (N-methyl/N-ethyl adjacent to an activating group) is 2. The average molecular weight is 1590 g/mol. The highest BCUT2D eigenvalue weighted by atomic mass is 32.1. The number of carbonyl (C=O) groups is 12. The van der Waals surface area contributed by atoms with Crippen molar-refractivity contribution in [3.8, 4) is 0 Å². The monoisotopic (exact) mass is 1590 g/mol. The minimum absolute atomic E-state index is 0.000000630. The van der Waals surface area contributed by atoms with Gasteiger partial charge in [0.2, 0.25) is 47.3 Å². The smallest absolute Gasteiger partial charge is 0.410 e. The number of hydrogen-bond donors (Lipinski definition) is 9. The van der Waals surface area contributed by atoms with Crippen molar-refractivity contribution in [1.82, 2.24) is 56.5 Å². The molecule has 13 amide bonds. The van der Waals surface area contributed by atoms with Crippen LogP contribution in [0.4, 0.5) is 15.3 Å². The number of nitrogens with zero attached hydrogens (tertiary/aromatic N) is 5. The largest absolute Gasteiger partial charge is 0.445 e. The van der Waals surface area contributed by atoms with Crippen LogP contribution in [0.1, 0.15) is 142 Å². The van der Waals surface area contributed by atoms with Crippen LogP contribution in [0, 0.1) is 29.6 Å². The Bertz CT molecular complexity index is 3500. The first-order valence-corrected chi connectivity index (χ1v) is 39.2. The lowest BCUT2D eigenvalue weighted by Crippen LogP contribution is -2.60. The highest BCUT2D eigenvalue weighted by Gasteiger charge is 2.45. The zero-order chi connectivity index (χ0) is 82.6. The number of likely N-dealkylation sites (tertiary alicyclic amines) is 1. The molecule has 0 saturated carbocycles. The number of hydrogen-bond acceptors (Lipinski definition) is 22. The number of carbonyl (C=O) groups excluding carboxylic acids is 12. The maximum atomic E-state index is 14.9. The van der Waals surface area contributed by atoms with E-state index in [1.54, 1.807) is 125 Å². The summed E-state index contributed by atoms with van der Waals surface area (Å²) in [5.41, 5.74) is 6.71. The van der Waals surface area contributed by atoms with Gasteiger partial charge >= 0.3 is 12.1 Å². The Morgan fingerprint density at radius 2 is 1.30 bits per heavy atom. The van der Waals surface area contributed by atoms with Crippen LogP contribution in [-0.4, -0.2) is 257 Å². The Morgan fingerprint density at radius 1 is 0.679 bits per heavy atom. The summed E-state index contributed by atoms with van der Waals surface area (Å²) in [5, 5.41) is 33.2. The molecule has 0 bridgehead atoms. The van der Waals surface area contributed by atoms with Crippen molar-refractivity contribution in [3.63, 3.8) is 0 Å². The Morgan fingerprint density at radius 3 is 1.88 bits per heavy atom. The van der Waals surface area contributed by atoms with Crippen molar-refractivity contribution in [2.45, 2.75) is 181 Å². The van der Waals surface area contributed by atoms with Crippen molar-refractivity contribution < 1.29 is 95.8 Å². The summed E-state index contributed by atoms with van der Waals surface area (Å²) >= 11 is 1.31. The van der Waals surface area contributed by atoms with Gasteiger partial charge in [0, 0.05) is 96.8 Å². The normalized spacial score (nSPS) is 16.5. The second kappa shape index (κ2) is 48.8. The van der Waals surface area contributed by atoms with E-state index >= 15 is 0 Å². The lowest BCUT2D eigenvalue weighted by Gasteiger charge is -2.41. The molecule has 1 fully saturated rings. The molecule has 3 aromatic rings. The van der Waals surface area contributed by atoms with E-state index in [0.29, 0.717) is 47.6 Å². The zero-order valence-corrected chi connectivity index (χ0v) is 67.8. The van der Waals surface area contributed by atoms with Crippen LogP contribution in [0.5, 0.6) is 0 Å². The Kier molecular flexibility index (Phi) is 40.8. The predicted octanol–water partition coefficient (Wildman–Crippen LogP) is 4.29. The molecule has 2 aliphatic heterocycles. The van der Waals surface area contributed by atoms with E-state index in [1.807, 2.05) is 19.9 Å². The van der Waals surface area contributed by atoms with E-state index in [0.717, 1.165) is 17.1 Å². The number of nitrogens with two attached hydrogens (primary N) is 1. The summed E-state index contributed by atoms with van der Waals surface area (Å²) in [7, 11) is 6.06. The van der Waals surface area contributed by atoms with E-state index in [1.165, 1.54) is 37.5 Å². The molecule has 1 saturated heterocycles. The standard InChI is InChI=1S/C78H119N13O20S/c1-14-51(8)68(58(105-12)46-63(96)90-35-19-23-57(90)70(106-13)52(9)71(98)87-66(75-81-34-45-112-75)69(97)54-20-16-15-17-21-54)88(10)76(102)65(49(4)5)86-74(101)67(50(6)7)89(11)78(104)111-47-53-24-26-55(27-25-53)83-72(99)56(22-18-32-82-77(79)103)84-73(100)64(48(2)3)85-60(93)31-37-107-39-41-109-43-44-110-42-40-108-38-33-80-59(92)30-36-91-61(94)28-29-62(91)95/h15-17,20-21,24-29,34,45,48-52,56-58,64-70,97H,14,18-19,22-23,30-33,35-44,46-47H2,1-13H3,(H,80,92)(H,83,99)(H,84,100)(H,85,93)(H,86,101)(H,87,98)(H3,79,82,103)/t51-,52+,56-,57-,58+,64-,65-,66-,67-,68-,69-,70+/m0/s1. The van der Waals surface area contributed by atoms with Gasteiger partial charge in [0.15, 0.2) is 0 Å². The summed E-state index contributed by atoms with van der Waals surface area (Å²) < 4.78 is 39.9. The maximum absolute atomic E-state index is 14.9. The Labute approximate surface area is 660 Å². The van der Waals surface area contributed by atoms with Crippen molar-refractivity contribution in [2.75, 3.05) is 113 Å². The molecule has 112 heavy (non-hydrogen) atoms. The minimum atomic E-state index is -1.14. The summed E-state index contributed by atoms with van der Waals surface area (Å²) in [4.78, 5) is 170. The van der Waals surface area contributed by atoms with Gasteiger partial charge < -0.3 is 91.0 Å². The second-order valence-electron chi connectivity index (χ2n) is 28.8. The van der Waals surface area contributed by atoms with Crippen molar-refractivity contribution in [3.05, 3.63) is 94.5 Å². The highest BCUT2D eigenvalue weighted by molar-refractivity contribution is 7.09. The molecule has 34 heteroatoms. The van der Waals surface area contributed by atoms with Gasteiger partial charge in [0.05, 0.1) is 89.5 Å². The van der Waals surface area contributed by atoms with Gasteiger partial charge in [-0.2, -0.15) is 0 Å². The summed E-state index contributed by atoms with van der Waals surface area (Å²) in [6.45, 7) is 18.6. The number of aliphatic hydroxyl groups is 1. The second-order valence-corrected chi connectivity index (χ2v) is 29.7. The molecule has 0 radical (unpaired) electrons. The van der Waals surface area contributed by atoms with Gasteiger partial charge in [0.1, 0.15) is 47.9 Å². The van der Waals surface area contributed by atoms with Gasteiger partial charge in [-0.3, -0.25) is 57.7 Å². The molecule has 33 nitrogen and oxygen atoms in total. The molecular weight excluding hydrogens is 1470 g/mol.